The molecule has 0 fully saturated rings. The van der Waals surface area contributed by atoms with Crippen LogP contribution in [0.4, 0.5) is 0 Å². The largest absolute Gasteiger partial charge is 0.508 e. The number of phenolic OH excluding ortho intramolecular Hbond substituents is 1. The van der Waals surface area contributed by atoms with E-state index >= 15 is 0 Å². The quantitative estimate of drug-likeness (QED) is 0.793. The van der Waals surface area contributed by atoms with Crippen LogP contribution in [0.25, 0.3) is 0 Å². The molecular weight excluding hydrogens is 276 g/mol. The number of hydrogen-bond donors (Lipinski definition) is 3. The van der Waals surface area contributed by atoms with Gasteiger partial charge in [0.1, 0.15) is 5.75 Å². The fourth-order valence-electron chi connectivity index (χ4n) is 2.32. The van der Waals surface area contributed by atoms with Crippen molar-refractivity contribution in [1.82, 2.24) is 0 Å². The maximum Gasteiger partial charge on any atom is 0.115 e. The Bertz CT molecular complexity index is 562. The summed E-state index contributed by atoms with van der Waals surface area (Å²) in [4.78, 5) is 0. The second-order valence-electron chi connectivity index (χ2n) is 4.92. The highest BCUT2D eigenvalue weighted by atomic mass is 35.5. The third-order valence-electron chi connectivity index (χ3n) is 3.53. The van der Waals surface area contributed by atoms with Crippen LogP contribution in [-0.2, 0) is 11.8 Å². The van der Waals surface area contributed by atoms with Gasteiger partial charge in [-0.1, -0.05) is 41.9 Å². The van der Waals surface area contributed by atoms with Crippen LogP contribution in [0.3, 0.4) is 0 Å². The average Bonchev–Trinajstić information content (AvgIpc) is 2.48. The highest BCUT2D eigenvalue weighted by molar-refractivity contribution is 6.31. The van der Waals surface area contributed by atoms with Crippen molar-refractivity contribution >= 4 is 11.6 Å². The van der Waals surface area contributed by atoms with Gasteiger partial charge in [0.2, 0.25) is 0 Å². The Hall–Kier alpha value is -1.55. The van der Waals surface area contributed by atoms with Gasteiger partial charge in [0, 0.05) is 10.4 Å². The zero-order valence-electron chi connectivity index (χ0n) is 11.0. The number of halogens is 1. The lowest BCUT2D eigenvalue weighted by Crippen LogP contribution is -2.37. The summed E-state index contributed by atoms with van der Waals surface area (Å²) in [5.74, 6) is 0.185. The molecule has 0 spiro atoms. The van der Waals surface area contributed by atoms with Crippen molar-refractivity contribution in [3.8, 4) is 5.75 Å². The fraction of sp³-hybridized carbons (Fsp3) is 0.250. The number of aromatic hydroxyl groups is 1. The molecule has 0 unspecified atom stereocenters. The van der Waals surface area contributed by atoms with Crippen molar-refractivity contribution in [2.75, 3.05) is 13.2 Å². The molecule has 0 bridgehead atoms. The van der Waals surface area contributed by atoms with E-state index in [-0.39, 0.29) is 19.0 Å². The molecule has 2 rings (SSSR count). The van der Waals surface area contributed by atoms with Gasteiger partial charge in [-0.25, -0.2) is 0 Å². The smallest absolute Gasteiger partial charge is 0.115 e. The lowest BCUT2D eigenvalue weighted by atomic mass is 9.77. The minimum atomic E-state index is -0.838. The Balaban J connectivity index is 2.39. The summed E-state index contributed by atoms with van der Waals surface area (Å²) >= 11 is 6.20. The van der Waals surface area contributed by atoms with Crippen molar-refractivity contribution in [2.24, 2.45) is 0 Å². The molecule has 20 heavy (non-hydrogen) atoms. The summed E-state index contributed by atoms with van der Waals surface area (Å²) in [5, 5.41) is 29.4. The van der Waals surface area contributed by atoms with Crippen LogP contribution in [0.5, 0.6) is 5.75 Å². The predicted octanol–water partition coefficient (Wildman–Crippen LogP) is 2.51. The highest BCUT2D eigenvalue weighted by Crippen LogP contribution is 2.33. The van der Waals surface area contributed by atoms with Crippen molar-refractivity contribution in [3.05, 3.63) is 64.7 Å². The van der Waals surface area contributed by atoms with Gasteiger partial charge >= 0.3 is 0 Å². The molecule has 0 aliphatic heterocycles. The number of benzene rings is 2. The predicted molar refractivity (Wildman–Crippen MR) is 79.1 cm³/mol. The Morgan fingerprint density at radius 3 is 2.05 bits per heavy atom. The fourth-order valence-corrected chi connectivity index (χ4v) is 2.66. The third kappa shape index (κ3) is 2.96. The molecule has 0 saturated heterocycles. The zero-order valence-corrected chi connectivity index (χ0v) is 11.7. The van der Waals surface area contributed by atoms with Gasteiger partial charge in [0.25, 0.3) is 0 Å². The van der Waals surface area contributed by atoms with Gasteiger partial charge in [-0.05, 0) is 35.7 Å². The van der Waals surface area contributed by atoms with Gasteiger partial charge in [-0.3, -0.25) is 0 Å². The van der Waals surface area contributed by atoms with Gasteiger partial charge in [-0.15, -0.1) is 0 Å². The normalized spacial score (nSPS) is 11.6. The van der Waals surface area contributed by atoms with E-state index in [9.17, 15) is 15.3 Å². The molecule has 4 heteroatoms. The molecule has 106 valence electrons. The van der Waals surface area contributed by atoms with Crippen molar-refractivity contribution in [1.29, 1.82) is 0 Å². The van der Waals surface area contributed by atoms with E-state index in [1.165, 1.54) is 0 Å². The maximum atomic E-state index is 9.80. The summed E-state index contributed by atoms with van der Waals surface area (Å²) in [6.45, 7) is -0.428. The highest BCUT2D eigenvalue weighted by Gasteiger charge is 2.33. The summed E-state index contributed by atoms with van der Waals surface area (Å²) < 4.78 is 0. The summed E-state index contributed by atoms with van der Waals surface area (Å²) in [6, 6.07) is 13.9. The molecule has 0 aliphatic carbocycles. The van der Waals surface area contributed by atoms with Gasteiger partial charge in [-0.2, -0.15) is 0 Å². The first-order valence-corrected chi connectivity index (χ1v) is 6.74. The van der Waals surface area contributed by atoms with Gasteiger partial charge < -0.3 is 15.3 Å². The SMILES string of the molecule is OCC(CO)(Cc1ccc(O)cc1)c1ccccc1Cl. The zero-order chi connectivity index (χ0) is 14.6. The van der Waals surface area contributed by atoms with Crippen molar-refractivity contribution in [2.45, 2.75) is 11.8 Å². The van der Waals surface area contributed by atoms with E-state index in [0.29, 0.717) is 11.4 Å². The number of phenols is 1. The van der Waals surface area contributed by atoms with Gasteiger partial charge in [0.15, 0.2) is 0 Å². The van der Waals surface area contributed by atoms with Crippen LogP contribution >= 0.6 is 11.6 Å². The topological polar surface area (TPSA) is 60.7 Å². The van der Waals surface area contributed by atoms with E-state index in [2.05, 4.69) is 0 Å². The standard InChI is InChI=1S/C16H17ClO3/c17-15-4-2-1-3-14(15)16(10-18,11-19)9-12-5-7-13(20)8-6-12/h1-8,18-20H,9-11H2. The minimum absolute atomic E-state index is 0.185. The molecule has 0 saturated carbocycles. The molecule has 0 amide bonds. The first-order chi connectivity index (χ1) is 9.61. The monoisotopic (exact) mass is 292 g/mol. The van der Waals surface area contributed by atoms with Gasteiger partial charge in [0.05, 0.1) is 13.2 Å². The molecule has 0 aromatic heterocycles. The number of aliphatic hydroxyl groups is 2. The molecule has 0 aliphatic rings. The van der Waals surface area contributed by atoms with Crippen LogP contribution < -0.4 is 0 Å². The molecular formula is C16H17ClO3. The lowest BCUT2D eigenvalue weighted by Gasteiger charge is -2.31. The van der Waals surface area contributed by atoms with Crippen LogP contribution in [0, 0.1) is 0 Å². The lowest BCUT2D eigenvalue weighted by molar-refractivity contribution is 0.116. The molecule has 3 nitrogen and oxygen atoms in total. The first-order valence-electron chi connectivity index (χ1n) is 6.36. The molecule has 0 atom stereocenters. The second-order valence-corrected chi connectivity index (χ2v) is 5.33. The molecule has 2 aromatic carbocycles. The molecule has 0 radical (unpaired) electrons. The second kappa shape index (κ2) is 6.27. The van der Waals surface area contributed by atoms with Crippen LogP contribution in [-0.4, -0.2) is 28.5 Å². The van der Waals surface area contributed by atoms with Crippen LogP contribution in [0.15, 0.2) is 48.5 Å². The Labute approximate surface area is 123 Å². The number of hydrogen-bond acceptors (Lipinski definition) is 3. The molecule has 3 N–H and O–H groups in total. The summed E-state index contributed by atoms with van der Waals surface area (Å²) in [6.07, 6.45) is 0.435. The van der Waals surface area contributed by atoms with Crippen LogP contribution in [0.2, 0.25) is 5.02 Å². The van der Waals surface area contributed by atoms with E-state index < -0.39 is 5.41 Å². The van der Waals surface area contributed by atoms with E-state index in [4.69, 9.17) is 11.6 Å². The Morgan fingerprint density at radius 2 is 1.50 bits per heavy atom. The Morgan fingerprint density at radius 1 is 0.900 bits per heavy atom. The Kier molecular flexibility index (Phi) is 4.65. The van der Waals surface area contributed by atoms with E-state index in [1.54, 1.807) is 30.3 Å². The first kappa shape index (κ1) is 14.9. The average molecular weight is 293 g/mol. The number of aliphatic hydroxyl groups excluding tert-OH is 2. The summed E-state index contributed by atoms with van der Waals surface area (Å²) in [7, 11) is 0. The van der Waals surface area contributed by atoms with Crippen molar-refractivity contribution in [3.63, 3.8) is 0 Å². The number of rotatable bonds is 5. The van der Waals surface area contributed by atoms with E-state index in [0.717, 1.165) is 11.1 Å². The summed E-state index contributed by atoms with van der Waals surface area (Å²) in [5.41, 5.74) is 0.792. The molecule has 0 heterocycles. The molecule has 2 aromatic rings. The van der Waals surface area contributed by atoms with E-state index in [1.807, 2.05) is 18.2 Å². The van der Waals surface area contributed by atoms with Crippen LogP contribution in [0.1, 0.15) is 11.1 Å². The van der Waals surface area contributed by atoms with Crippen molar-refractivity contribution < 1.29 is 15.3 Å². The minimum Gasteiger partial charge on any atom is -0.508 e. The maximum absolute atomic E-state index is 9.80. The third-order valence-corrected chi connectivity index (χ3v) is 3.86.